The summed E-state index contributed by atoms with van der Waals surface area (Å²) in [7, 11) is -3.26. The maximum absolute atomic E-state index is 12.2. The highest BCUT2D eigenvalue weighted by Crippen LogP contribution is 2.12. The zero-order chi connectivity index (χ0) is 17.6. The Morgan fingerprint density at radius 1 is 1.17 bits per heavy atom. The molecule has 0 heterocycles. The lowest BCUT2D eigenvalue weighted by Gasteiger charge is -2.17. The molecule has 0 unspecified atom stereocenters. The Balaban J connectivity index is 2.85. The smallest absolute Gasteiger partial charge is 0.246 e. The van der Waals surface area contributed by atoms with E-state index >= 15 is 0 Å². The summed E-state index contributed by atoms with van der Waals surface area (Å²) in [6.07, 6.45) is 1.03. The predicted molar refractivity (Wildman–Crippen MR) is 87.0 cm³/mol. The number of sulfone groups is 1. The van der Waals surface area contributed by atoms with Gasteiger partial charge in [-0.15, -0.1) is 0 Å². The number of anilines is 1. The summed E-state index contributed by atoms with van der Waals surface area (Å²) in [5.74, 6) is -1.34. The molecule has 23 heavy (non-hydrogen) atoms. The summed E-state index contributed by atoms with van der Waals surface area (Å²) in [4.78, 5) is 34.8. The molecule has 0 saturated heterocycles. The van der Waals surface area contributed by atoms with Gasteiger partial charge in [-0.1, -0.05) is 12.1 Å². The van der Waals surface area contributed by atoms with E-state index in [1.54, 1.807) is 18.2 Å². The zero-order valence-corrected chi connectivity index (χ0v) is 14.1. The predicted octanol–water partition coefficient (Wildman–Crippen LogP) is 0.767. The van der Waals surface area contributed by atoms with Gasteiger partial charge in [0.05, 0.1) is 5.75 Å². The van der Waals surface area contributed by atoms with Crippen LogP contribution in [0.25, 0.3) is 0 Å². The second kappa shape index (κ2) is 7.87. The largest absolute Gasteiger partial charge is 0.345 e. The van der Waals surface area contributed by atoms with Crippen LogP contribution in [-0.4, -0.2) is 44.1 Å². The van der Waals surface area contributed by atoms with Crippen LogP contribution in [0.1, 0.15) is 30.6 Å². The average molecular weight is 340 g/mol. The first-order valence-corrected chi connectivity index (χ1v) is 9.01. The van der Waals surface area contributed by atoms with Crippen molar-refractivity contribution in [1.82, 2.24) is 5.32 Å². The number of ketones is 1. The molecule has 0 radical (unpaired) electrons. The summed E-state index contributed by atoms with van der Waals surface area (Å²) in [5, 5.41) is 5.01. The van der Waals surface area contributed by atoms with Gasteiger partial charge in [0, 0.05) is 24.4 Å². The standard InChI is InChI=1S/C15H20N2O5S/c1-10(18)12-5-4-6-13(9-12)17-15(20)14(16-11(2)19)7-8-23(3,21)22/h4-6,9,14H,7-8H2,1-3H3,(H,16,19)(H,17,20)/t14-/m0/s1. The Kier molecular flexibility index (Phi) is 6.44. The molecule has 0 aromatic heterocycles. The van der Waals surface area contributed by atoms with Crippen molar-refractivity contribution in [1.29, 1.82) is 0 Å². The van der Waals surface area contributed by atoms with Crippen LogP contribution in [0.4, 0.5) is 5.69 Å². The Morgan fingerprint density at radius 2 is 1.83 bits per heavy atom. The van der Waals surface area contributed by atoms with Crippen molar-refractivity contribution in [3.63, 3.8) is 0 Å². The van der Waals surface area contributed by atoms with Crippen LogP contribution < -0.4 is 10.6 Å². The molecule has 1 aromatic carbocycles. The van der Waals surface area contributed by atoms with Crippen LogP contribution in [0.3, 0.4) is 0 Å². The highest BCUT2D eigenvalue weighted by Gasteiger charge is 2.21. The van der Waals surface area contributed by atoms with Crippen LogP contribution >= 0.6 is 0 Å². The molecule has 2 amide bonds. The van der Waals surface area contributed by atoms with Crippen LogP contribution in [-0.2, 0) is 19.4 Å². The van der Waals surface area contributed by atoms with Gasteiger partial charge in [0.15, 0.2) is 5.78 Å². The highest BCUT2D eigenvalue weighted by atomic mass is 32.2. The molecule has 1 atom stereocenters. The molecule has 0 saturated carbocycles. The van der Waals surface area contributed by atoms with E-state index in [-0.39, 0.29) is 18.0 Å². The Hall–Kier alpha value is -2.22. The van der Waals surface area contributed by atoms with Gasteiger partial charge in [-0.3, -0.25) is 14.4 Å². The number of rotatable bonds is 7. The lowest BCUT2D eigenvalue weighted by molar-refractivity contribution is -0.125. The molecule has 0 spiro atoms. The number of amides is 2. The first-order valence-electron chi connectivity index (χ1n) is 6.95. The van der Waals surface area contributed by atoms with Crippen molar-refractivity contribution < 1.29 is 22.8 Å². The van der Waals surface area contributed by atoms with E-state index in [9.17, 15) is 22.8 Å². The molecule has 0 aliphatic heterocycles. The third kappa shape index (κ3) is 7.05. The van der Waals surface area contributed by atoms with E-state index in [4.69, 9.17) is 0 Å². The number of Topliss-reactive ketones (excluding diaryl/α,β-unsaturated/α-hetero) is 1. The van der Waals surface area contributed by atoms with Gasteiger partial charge in [-0.2, -0.15) is 0 Å². The van der Waals surface area contributed by atoms with Crippen molar-refractivity contribution in [3.05, 3.63) is 29.8 Å². The SMILES string of the molecule is CC(=O)N[C@@H](CCS(C)(=O)=O)C(=O)Nc1cccc(C(C)=O)c1. The molecule has 1 aromatic rings. The topological polar surface area (TPSA) is 109 Å². The first kappa shape index (κ1) is 18.8. The minimum atomic E-state index is -3.26. The van der Waals surface area contributed by atoms with Crippen molar-refractivity contribution in [2.75, 3.05) is 17.3 Å². The maximum Gasteiger partial charge on any atom is 0.246 e. The second-order valence-corrected chi connectivity index (χ2v) is 7.56. The first-order chi connectivity index (χ1) is 10.6. The normalized spacial score (nSPS) is 12.3. The number of hydrogen-bond acceptors (Lipinski definition) is 5. The molecule has 7 nitrogen and oxygen atoms in total. The third-order valence-corrected chi connectivity index (χ3v) is 3.99. The zero-order valence-electron chi connectivity index (χ0n) is 13.3. The molecular formula is C15H20N2O5S. The van der Waals surface area contributed by atoms with Crippen molar-refractivity contribution in [2.24, 2.45) is 0 Å². The van der Waals surface area contributed by atoms with Crippen molar-refractivity contribution in [2.45, 2.75) is 26.3 Å². The van der Waals surface area contributed by atoms with E-state index in [2.05, 4.69) is 10.6 Å². The summed E-state index contributed by atoms with van der Waals surface area (Å²) in [5.41, 5.74) is 0.840. The Morgan fingerprint density at radius 3 is 2.35 bits per heavy atom. The fraction of sp³-hybridized carbons (Fsp3) is 0.400. The molecular weight excluding hydrogens is 320 g/mol. The van der Waals surface area contributed by atoms with Crippen LogP contribution in [0.5, 0.6) is 0 Å². The summed E-state index contributed by atoms with van der Waals surface area (Å²) < 4.78 is 22.5. The average Bonchev–Trinajstić information content (AvgIpc) is 2.42. The lowest BCUT2D eigenvalue weighted by Crippen LogP contribution is -2.43. The number of carbonyl (C=O) groups is 3. The molecule has 0 aliphatic carbocycles. The van der Waals surface area contributed by atoms with E-state index in [1.807, 2.05) is 0 Å². The number of nitrogens with one attached hydrogen (secondary N) is 2. The quantitative estimate of drug-likeness (QED) is 0.713. The van der Waals surface area contributed by atoms with Crippen molar-refractivity contribution >= 4 is 33.1 Å². The van der Waals surface area contributed by atoms with Crippen LogP contribution in [0, 0.1) is 0 Å². The minimum Gasteiger partial charge on any atom is -0.345 e. The summed E-state index contributed by atoms with van der Waals surface area (Å²) >= 11 is 0. The molecule has 1 rings (SSSR count). The fourth-order valence-corrected chi connectivity index (χ4v) is 2.56. The second-order valence-electron chi connectivity index (χ2n) is 5.30. The van der Waals surface area contributed by atoms with E-state index in [1.165, 1.54) is 19.9 Å². The third-order valence-electron chi connectivity index (χ3n) is 3.01. The van der Waals surface area contributed by atoms with Crippen molar-refractivity contribution in [3.8, 4) is 0 Å². The number of benzene rings is 1. The van der Waals surface area contributed by atoms with Gasteiger partial charge in [0.25, 0.3) is 0 Å². The summed E-state index contributed by atoms with van der Waals surface area (Å²) in [6, 6.07) is 5.39. The monoisotopic (exact) mass is 340 g/mol. The van der Waals surface area contributed by atoms with Gasteiger partial charge in [0.1, 0.15) is 15.9 Å². The van der Waals surface area contributed by atoms with Gasteiger partial charge >= 0.3 is 0 Å². The maximum atomic E-state index is 12.2. The number of carbonyl (C=O) groups excluding carboxylic acids is 3. The highest BCUT2D eigenvalue weighted by molar-refractivity contribution is 7.90. The van der Waals surface area contributed by atoms with Gasteiger partial charge in [0.2, 0.25) is 11.8 Å². The molecule has 2 N–H and O–H groups in total. The van der Waals surface area contributed by atoms with Crippen LogP contribution in [0.15, 0.2) is 24.3 Å². The summed E-state index contributed by atoms with van der Waals surface area (Å²) in [6.45, 7) is 2.66. The molecule has 8 heteroatoms. The molecule has 0 bridgehead atoms. The van der Waals surface area contributed by atoms with E-state index < -0.39 is 27.7 Å². The van der Waals surface area contributed by atoms with E-state index in [0.717, 1.165) is 6.26 Å². The molecule has 0 fully saturated rings. The lowest BCUT2D eigenvalue weighted by atomic mass is 10.1. The number of hydrogen-bond donors (Lipinski definition) is 2. The van der Waals surface area contributed by atoms with Gasteiger partial charge < -0.3 is 10.6 Å². The minimum absolute atomic E-state index is 0.0311. The Labute approximate surface area is 135 Å². The Bertz CT molecular complexity index is 712. The fourth-order valence-electron chi connectivity index (χ4n) is 1.89. The van der Waals surface area contributed by atoms with Gasteiger partial charge in [-0.25, -0.2) is 8.42 Å². The van der Waals surface area contributed by atoms with Gasteiger partial charge in [-0.05, 0) is 25.5 Å². The van der Waals surface area contributed by atoms with E-state index in [0.29, 0.717) is 11.3 Å². The molecule has 0 aliphatic rings. The molecule has 126 valence electrons. The van der Waals surface area contributed by atoms with Crippen LogP contribution in [0.2, 0.25) is 0 Å².